The molecule has 0 bridgehead atoms. The Labute approximate surface area is 176 Å². The number of allylic oxidation sites excluding steroid dienone is 4. The van der Waals surface area contributed by atoms with E-state index < -0.39 is 35.6 Å². The molecule has 0 spiro atoms. The topological polar surface area (TPSA) is 81.7 Å². The fourth-order valence-electron chi connectivity index (χ4n) is 3.31. The molecule has 1 unspecified atom stereocenters. The van der Waals surface area contributed by atoms with Crippen molar-refractivity contribution in [3.05, 3.63) is 65.0 Å². The second kappa shape index (κ2) is 8.79. The van der Waals surface area contributed by atoms with Crippen molar-refractivity contribution in [3.8, 4) is 5.75 Å². The number of amides is 2. The highest BCUT2D eigenvalue weighted by Crippen LogP contribution is 2.34. The minimum atomic E-state index is -4.58. The number of rotatable bonds is 4. The molecule has 2 amide bonds. The van der Waals surface area contributed by atoms with Gasteiger partial charge >= 0.3 is 12.3 Å². The average molecular weight is 435 g/mol. The first-order valence-electron chi connectivity index (χ1n) is 9.52. The summed E-state index contributed by atoms with van der Waals surface area (Å²) in [5.41, 5.74) is -0.244. The maximum Gasteiger partial charge on any atom is 0.416 e. The highest BCUT2D eigenvalue weighted by Gasteiger charge is 2.37. The molecule has 1 N–H and O–H groups in total. The Morgan fingerprint density at radius 3 is 2.61 bits per heavy atom. The van der Waals surface area contributed by atoms with E-state index in [-0.39, 0.29) is 17.2 Å². The first-order chi connectivity index (χ1) is 14.5. The number of alkyl carbamates (subject to hydrolysis) is 1. The van der Waals surface area contributed by atoms with E-state index in [1.165, 1.54) is 6.92 Å². The van der Waals surface area contributed by atoms with Crippen LogP contribution >= 0.6 is 0 Å². The van der Waals surface area contributed by atoms with E-state index in [9.17, 15) is 27.6 Å². The maximum absolute atomic E-state index is 13.0. The smallest absolute Gasteiger partial charge is 0.416 e. The number of nitrogens with one attached hydrogen (secondary N) is 1. The molecule has 0 aromatic heterocycles. The first kappa shape index (κ1) is 22.3. The van der Waals surface area contributed by atoms with Crippen molar-refractivity contribution >= 4 is 17.8 Å². The SMILES string of the molecule is CC(=O)c1cc(C(F)(F)F)ccc1OC1=C/C=C/[C@H](C2OC(=O)NC2=O)CC\C(C)=C\1. The van der Waals surface area contributed by atoms with E-state index in [4.69, 9.17) is 9.47 Å². The van der Waals surface area contributed by atoms with Gasteiger partial charge in [-0.2, -0.15) is 13.2 Å². The number of alkyl halides is 3. The molecule has 2 aliphatic rings. The largest absolute Gasteiger partial charge is 0.457 e. The van der Waals surface area contributed by atoms with Gasteiger partial charge in [0.1, 0.15) is 11.5 Å². The molecule has 1 aromatic carbocycles. The molecular weight excluding hydrogens is 415 g/mol. The predicted molar refractivity (Wildman–Crippen MR) is 104 cm³/mol. The lowest BCUT2D eigenvalue weighted by atomic mass is 9.94. The molecule has 3 rings (SSSR count). The average Bonchev–Trinajstić information content (AvgIpc) is 3.04. The van der Waals surface area contributed by atoms with Gasteiger partial charge in [0.15, 0.2) is 11.9 Å². The summed E-state index contributed by atoms with van der Waals surface area (Å²) in [4.78, 5) is 35.1. The number of carbonyl (C=O) groups is 3. The molecule has 9 heteroatoms. The van der Waals surface area contributed by atoms with Crippen LogP contribution in [0.3, 0.4) is 0 Å². The number of Topliss-reactive ketones (excluding diaryl/α,β-unsaturated/α-hetero) is 1. The quantitative estimate of drug-likeness (QED) is 0.693. The van der Waals surface area contributed by atoms with E-state index >= 15 is 0 Å². The minimum absolute atomic E-state index is 0.00379. The molecule has 1 fully saturated rings. The van der Waals surface area contributed by atoms with Crippen molar-refractivity contribution < 1.29 is 37.0 Å². The first-order valence-corrected chi connectivity index (χ1v) is 9.52. The van der Waals surface area contributed by atoms with Gasteiger partial charge in [0, 0.05) is 5.92 Å². The molecule has 1 heterocycles. The minimum Gasteiger partial charge on any atom is -0.457 e. The number of cyclic esters (lactones) is 1. The summed E-state index contributed by atoms with van der Waals surface area (Å²) in [7, 11) is 0. The Morgan fingerprint density at radius 2 is 2.00 bits per heavy atom. The number of ketones is 1. The molecule has 1 aliphatic carbocycles. The lowest BCUT2D eigenvalue weighted by molar-refractivity contribution is -0.137. The van der Waals surface area contributed by atoms with Crippen LogP contribution in [-0.4, -0.2) is 23.9 Å². The Bertz CT molecular complexity index is 1010. The molecule has 0 radical (unpaired) electrons. The van der Waals surface area contributed by atoms with Gasteiger partial charge in [0.25, 0.3) is 5.91 Å². The van der Waals surface area contributed by atoms with Crippen LogP contribution in [0.1, 0.15) is 42.6 Å². The molecule has 1 aromatic rings. The number of halogens is 3. The zero-order chi connectivity index (χ0) is 22.8. The van der Waals surface area contributed by atoms with E-state index in [1.807, 2.05) is 6.92 Å². The summed E-state index contributed by atoms with van der Waals surface area (Å²) in [5, 5.41) is 2.10. The van der Waals surface area contributed by atoms with Crippen molar-refractivity contribution in [2.24, 2.45) is 5.92 Å². The summed E-state index contributed by atoms with van der Waals surface area (Å²) >= 11 is 0. The van der Waals surface area contributed by atoms with Gasteiger partial charge in [-0.05, 0) is 57.0 Å². The lowest BCUT2D eigenvalue weighted by Crippen LogP contribution is -2.30. The summed E-state index contributed by atoms with van der Waals surface area (Å²) < 4.78 is 49.8. The third-order valence-electron chi connectivity index (χ3n) is 4.90. The van der Waals surface area contributed by atoms with Gasteiger partial charge in [-0.25, -0.2) is 4.79 Å². The normalized spacial score (nSPS) is 26.2. The van der Waals surface area contributed by atoms with Gasteiger partial charge in [-0.3, -0.25) is 14.9 Å². The second-order valence-electron chi connectivity index (χ2n) is 7.33. The molecular formula is C22H20F3NO5. The third-order valence-corrected chi connectivity index (χ3v) is 4.90. The number of carbonyl (C=O) groups excluding carboxylic acids is 3. The van der Waals surface area contributed by atoms with E-state index in [0.29, 0.717) is 18.6 Å². The van der Waals surface area contributed by atoms with Crippen LogP contribution in [0.15, 0.2) is 53.8 Å². The predicted octanol–water partition coefficient (Wildman–Crippen LogP) is 4.72. The van der Waals surface area contributed by atoms with Gasteiger partial charge in [-0.1, -0.05) is 17.7 Å². The van der Waals surface area contributed by atoms with Crippen LogP contribution in [0.2, 0.25) is 0 Å². The van der Waals surface area contributed by atoms with E-state index in [0.717, 1.165) is 23.8 Å². The molecule has 164 valence electrons. The van der Waals surface area contributed by atoms with Crippen LogP contribution in [0.4, 0.5) is 18.0 Å². The summed E-state index contributed by atoms with van der Waals surface area (Å²) in [6, 6.07) is 2.74. The molecule has 1 aliphatic heterocycles. The van der Waals surface area contributed by atoms with Gasteiger partial charge in [-0.15, -0.1) is 0 Å². The number of hydrogen-bond acceptors (Lipinski definition) is 5. The third kappa shape index (κ3) is 5.42. The molecule has 6 nitrogen and oxygen atoms in total. The summed E-state index contributed by atoms with van der Waals surface area (Å²) in [5.74, 6) is -1.11. The number of hydrogen-bond donors (Lipinski definition) is 1. The van der Waals surface area contributed by atoms with Crippen LogP contribution < -0.4 is 10.1 Å². The Morgan fingerprint density at radius 1 is 1.26 bits per heavy atom. The van der Waals surface area contributed by atoms with Crippen LogP contribution in [-0.2, 0) is 15.7 Å². The fourth-order valence-corrected chi connectivity index (χ4v) is 3.31. The monoisotopic (exact) mass is 435 g/mol. The summed E-state index contributed by atoms with van der Waals surface area (Å²) in [6.07, 6.45) is 1.40. The lowest BCUT2D eigenvalue weighted by Gasteiger charge is -2.16. The highest BCUT2D eigenvalue weighted by molar-refractivity contribution is 6.00. The van der Waals surface area contributed by atoms with Crippen molar-refractivity contribution in [2.75, 3.05) is 0 Å². The van der Waals surface area contributed by atoms with Crippen LogP contribution in [0.5, 0.6) is 5.75 Å². The van der Waals surface area contributed by atoms with Crippen molar-refractivity contribution in [1.29, 1.82) is 0 Å². The zero-order valence-electron chi connectivity index (χ0n) is 16.8. The molecule has 1 saturated heterocycles. The van der Waals surface area contributed by atoms with Crippen LogP contribution in [0, 0.1) is 5.92 Å². The van der Waals surface area contributed by atoms with Crippen LogP contribution in [0.25, 0.3) is 0 Å². The highest BCUT2D eigenvalue weighted by atomic mass is 19.4. The summed E-state index contributed by atoms with van der Waals surface area (Å²) in [6.45, 7) is 3.00. The molecule has 0 saturated carbocycles. The number of imide groups is 1. The van der Waals surface area contributed by atoms with Crippen molar-refractivity contribution in [1.82, 2.24) is 5.32 Å². The maximum atomic E-state index is 13.0. The van der Waals surface area contributed by atoms with E-state index in [1.54, 1.807) is 24.3 Å². The van der Waals surface area contributed by atoms with E-state index in [2.05, 4.69) is 5.32 Å². The standard InChI is InChI=1S/C22H20F3NO5/c1-12-6-7-14(19-20(28)26-21(29)31-19)4-3-5-16(10-12)30-18-9-8-15(22(23,24)25)11-17(18)13(2)27/h3-5,8-11,14,19H,6-7H2,1-2H3,(H,26,28,29)/b4-3+,12-10+,16-5+/t14-,19?/m0/s1. The zero-order valence-corrected chi connectivity index (χ0v) is 16.8. The van der Waals surface area contributed by atoms with Gasteiger partial charge < -0.3 is 9.47 Å². The fraction of sp³-hybridized carbons (Fsp3) is 0.318. The van der Waals surface area contributed by atoms with Crippen molar-refractivity contribution in [3.63, 3.8) is 0 Å². The van der Waals surface area contributed by atoms with Crippen molar-refractivity contribution in [2.45, 2.75) is 39.0 Å². The van der Waals surface area contributed by atoms with Gasteiger partial charge in [0.05, 0.1) is 11.1 Å². The molecule has 2 atom stereocenters. The van der Waals surface area contributed by atoms with Gasteiger partial charge in [0.2, 0.25) is 0 Å². The Hall–Kier alpha value is -3.36. The Kier molecular flexibility index (Phi) is 6.33. The second-order valence-corrected chi connectivity index (χ2v) is 7.33. The Balaban J connectivity index is 1.88. The molecule has 31 heavy (non-hydrogen) atoms. The number of ether oxygens (including phenoxy) is 2. The number of benzene rings is 1.